The van der Waals surface area contributed by atoms with Crippen molar-refractivity contribution >= 4 is 5.97 Å². The molecular weight excluding hydrogens is 218 g/mol. The summed E-state index contributed by atoms with van der Waals surface area (Å²) < 4.78 is 51.6. The molecule has 0 radical (unpaired) electrons. The van der Waals surface area contributed by atoms with Crippen molar-refractivity contribution in [2.24, 2.45) is 5.73 Å². The van der Waals surface area contributed by atoms with Crippen LogP contribution in [0.2, 0.25) is 0 Å². The monoisotopic (exact) mass is 225 g/mol. The summed E-state index contributed by atoms with van der Waals surface area (Å²) >= 11 is 0. The molecule has 1 aliphatic rings. The number of carboxylic acids is 1. The van der Waals surface area contributed by atoms with E-state index in [1.807, 2.05) is 0 Å². The third-order valence-corrected chi connectivity index (χ3v) is 2.02. The zero-order chi connectivity index (χ0) is 11.8. The molecule has 0 amide bonds. The van der Waals surface area contributed by atoms with Gasteiger partial charge in [0.15, 0.2) is 17.8 Å². The van der Waals surface area contributed by atoms with Gasteiger partial charge < -0.3 is 10.8 Å². The van der Waals surface area contributed by atoms with E-state index in [1.54, 1.807) is 0 Å². The number of hydrogen-bond acceptors (Lipinski definition) is 2. The number of carboxylic acid groups (broad SMARTS) is 1. The van der Waals surface area contributed by atoms with Gasteiger partial charge in [0.25, 0.3) is 0 Å². The molecule has 0 spiro atoms. The molecule has 3 N–H and O–H groups in total. The van der Waals surface area contributed by atoms with Gasteiger partial charge in [-0.05, 0) is 0 Å². The number of hydrogen-bond donors (Lipinski definition) is 2. The molecule has 0 heterocycles. The molecule has 1 rings (SSSR count). The molecule has 2 unspecified atom stereocenters. The largest absolute Gasteiger partial charge is 0.481 e. The topological polar surface area (TPSA) is 63.3 Å². The molecule has 0 aromatic heterocycles. The Bertz CT molecular complexity index is 366. The summed E-state index contributed by atoms with van der Waals surface area (Å²) in [4.78, 5) is 10.3. The standard InChI is InChI=1S/C8H7F4NO2/c9-3-1-4(10)7(12)8(13,6(3)11)2-5(14)15/h1,6H,2,13H2,(H,14,15). The Hall–Kier alpha value is -1.37. The van der Waals surface area contributed by atoms with Gasteiger partial charge in [-0.3, -0.25) is 4.79 Å². The van der Waals surface area contributed by atoms with E-state index in [-0.39, 0.29) is 6.08 Å². The van der Waals surface area contributed by atoms with E-state index in [0.717, 1.165) is 0 Å². The van der Waals surface area contributed by atoms with E-state index in [2.05, 4.69) is 0 Å². The van der Waals surface area contributed by atoms with Gasteiger partial charge in [0.05, 0.1) is 6.42 Å². The molecule has 0 aromatic carbocycles. The van der Waals surface area contributed by atoms with Crippen LogP contribution >= 0.6 is 0 Å². The van der Waals surface area contributed by atoms with E-state index in [9.17, 15) is 22.4 Å². The van der Waals surface area contributed by atoms with Gasteiger partial charge in [-0.15, -0.1) is 0 Å². The summed E-state index contributed by atoms with van der Waals surface area (Å²) in [6.07, 6.45) is -3.94. The highest BCUT2D eigenvalue weighted by atomic mass is 19.2. The Morgan fingerprint density at radius 3 is 2.53 bits per heavy atom. The van der Waals surface area contributed by atoms with Crippen molar-refractivity contribution in [3.05, 3.63) is 23.6 Å². The maximum Gasteiger partial charge on any atom is 0.305 e. The summed E-state index contributed by atoms with van der Waals surface area (Å²) in [7, 11) is 0. The van der Waals surface area contributed by atoms with Crippen molar-refractivity contribution in [2.75, 3.05) is 0 Å². The molecule has 3 nitrogen and oxygen atoms in total. The molecule has 0 aliphatic heterocycles. The van der Waals surface area contributed by atoms with Crippen LogP contribution in [0.1, 0.15) is 6.42 Å². The van der Waals surface area contributed by atoms with Crippen molar-refractivity contribution < 1.29 is 27.5 Å². The van der Waals surface area contributed by atoms with Gasteiger partial charge in [-0.1, -0.05) is 0 Å². The molecule has 0 bridgehead atoms. The molecule has 0 fully saturated rings. The van der Waals surface area contributed by atoms with Crippen LogP contribution < -0.4 is 5.73 Å². The van der Waals surface area contributed by atoms with E-state index in [0.29, 0.717) is 0 Å². The molecule has 2 atom stereocenters. The van der Waals surface area contributed by atoms with Crippen LogP contribution in [0.4, 0.5) is 17.6 Å². The highest BCUT2D eigenvalue weighted by molar-refractivity contribution is 5.70. The minimum Gasteiger partial charge on any atom is -0.481 e. The lowest BCUT2D eigenvalue weighted by Gasteiger charge is -2.31. The van der Waals surface area contributed by atoms with Gasteiger partial charge in [0.2, 0.25) is 0 Å². The van der Waals surface area contributed by atoms with Crippen molar-refractivity contribution in [3.8, 4) is 0 Å². The van der Waals surface area contributed by atoms with Crippen LogP contribution in [-0.4, -0.2) is 22.8 Å². The number of carbonyl (C=O) groups is 1. The molecule has 84 valence electrons. The van der Waals surface area contributed by atoms with Gasteiger partial charge in [-0.25, -0.2) is 17.6 Å². The molecule has 7 heteroatoms. The SMILES string of the molecule is NC1(CC(=O)O)C(F)=C(F)C=C(F)C1F. The second kappa shape index (κ2) is 3.65. The molecule has 1 aliphatic carbocycles. The maximum absolute atomic E-state index is 13.1. The fraction of sp³-hybridized carbons (Fsp3) is 0.375. The minimum atomic E-state index is -2.81. The van der Waals surface area contributed by atoms with Crippen molar-refractivity contribution in [1.82, 2.24) is 0 Å². The summed E-state index contributed by atoms with van der Waals surface area (Å²) in [5.74, 6) is -6.76. The maximum atomic E-state index is 13.1. The average molecular weight is 225 g/mol. The number of allylic oxidation sites excluding steroid dienone is 2. The molecule has 0 aromatic rings. The van der Waals surface area contributed by atoms with Gasteiger partial charge >= 0.3 is 5.97 Å². The first kappa shape index (κ1) is 11.7. The predicted molar refractivity (Wildman–Crippen MR) is 42.5 cm³/mol. The van der Waals surface area contributed by atoms with Crippen LogP contribution in [-0.2, 0) is 4.79 Å². The number of aliphatic carboxylic acids is 1. The van der Waals surface area contributed by atoms with Gasteiger partial charge in [-0.2, -0.15) is 0 Å². The molecular formula is C8H7F4NO2. The lowest BCUT2D eigenvalue weighted by molar-refractivity contribution is -0.138. The van der Waals surface area contributed by atoms with E-state index < -0.39 is 41.6 Å². The van der Waals surface area contributed by atoms with E-state index in [1.165, 1.54) is 0 Å². The first-order chi connectivity index (χ1) is 6.79. The lowest BCUT2D eigenvalue weighted by atomic mass is 9.85. The summed E-state index contributed by atoms with van der Waals surface area (Å²) in [5, 5.41) is 8.34. The third-order valence-electron chi connectivity index (χ3n) is 2.02. The predicted octanol–water partition coefficient (Wildman–Crippen LogP) is 1.51. The Labute approximate surface area is 81.9 Å². The Morgan fingerprint density at radius 1 is 1.53 bits per heavy atom. The highest BCUT2D eigenvalue weighted by Crippen LogP contribution is 2.38. The second-order valence-corrected chi connectivity index (χ2v) is 3.16. The van der Waals surface area contributed by atoms with Gasteiger partial charge in [0.1, 0.15) is 11.4 Å². The Morgan fingerprint density at radius 2 is 2.07 bits per heavy atom. The number of rotatable bonds is 2. The average Bonchev–Trinajstić information content (AvgIpc) is 2.11. The van der Waals surface area contributed by atoms with Crippen molar-refractivity contribution in [1.29, 1.82) is 0 Å². The zero-order valence-electron chi connectivity index (χ0n) is 7.31. The molecule has 15 heavy (non-hydrogen) atoms. The Balaban J connectivity index is 3.18. The first-order valence-electron chi connectivity index (χ1n) is 3.86. The fourth-order valence-corrected chi connectivity index (χ4v) is 1.25. The normalized spacial score (nSPS) is 31.5. The molecule has 0 saturated heterocycles. The van der Waals surface area contributed by atoms with Crippen LogP contribution in [0.5, 0.6) is 0 Å². The summed E-state index contributed by atoms with van der Waals surface area (Å²) in [5.41, 5.74) is 2.21. The van der Waals surface area contributed by atoms with Crippen molar-refractivity contribution in [2.45, 2.75) is 18.1 Å². The van der Waals surface area contributed by atoms with Crippen LogP contribution in [0, 0.1) is 0 Å². The third kappa shape index (κ3) is 1.87. The Kier molecular flexibility index (Phi) is 2.85. The second-order valence-electron chi connectivity index (χ2n) is 3.16. The lowest BCUT2D eigenvalue weighted by Crippen LogP contribution is -2.53. The summed E-state index contributed by atoms with van der Waals surface area (Å²) in [6.45, 7) is 0. The number of nitrogens with two attached hydrogens (primary N) is 1. The van der Waals surface area contributed by atoms with Crippen LogP contribution in [0.3, 0.4) is 0 Å². The van der Waals surface area contributed by atoms with E-state index >= 15 is 0 Å². The minimum absolute atomic E-state index is 0.00691. The first-order valence-corrected chi connectivity index (χ1v) is 3.86. The molecule has 0 saturated carbocycles. The fourth-order valence-electron chi connectivity index (χ4n) is 1.25. The zero-order valence-corrected chi connectivity index (χ0v) is 7.31. The summed E-state index contributed by atoms with van der Waals surface area (Å²) in [6, 6.07) is 0. The van der Waals surface area contributed by atoms with Crippen LogP contribution in [0.15, 0.2) is 23.6 Å². The van der Waals surface area contributed by atoms with E-state index in [4.69, 9.17) is 10.8 Å². The van der Waals surface area contributed by atoms with Gasteiger partial charge in [0, 0.05) is 6.08 Å². The number of halogens is 4. The highest BCUT2D eigenvalue weighted by Gasteiger charge is 2.48. The van der Waals surface area contributed by atoms with Crippen LogP contribution in [0.25, 0.3) is 0 Å². The number of alkyl halides is 1. The smallest absolute Gasteiger partial charge is 0.305 e. The van der Waals surface area contributed by atoms with Crippen molar-refractivity contribution in [3.63, 3.8) is 0 Å². The quantitative estimate of drug-likeness (QED) is 0.700.